The van der Waals surface area contributed by atoms with Crippen molar-refractivity contribution in [1.29, 1.82) is 0 Å². The molecule has 0 fully saturated rings. The van der Waals surface area contributed by atoms with Gasteiger partial charge in [0.1, 0.15) is 0 Å². The number of unbranched alkanes of at least 4 members (excludes halogenated alkanes) is 1. The van der Waals surface area contributed by atoms with Gasteiger partial charge in [-0.15, -0.1) is 0 Å². The highest BCUT2D eigenvalue weighted by molar-refractivity contribution is 6.01. The van der Waals surface area contributed by atoms with Gasteiger partial charge < -0.3 is 21.3 Å². The van der Waals surface area contributed by atoms with Crippen LogP contribution < -0.4 is 21.3 Å². The summed E-state index contributed by atoms with van der Waals surface area (Å²) in [6.45, 7) is 0.547. The largest absolute Gasteiger partial charge is 0.397 e. The Labute approximate surface area is 160 Å². The van der Waals surface area contributed by atoms with Gasteiger partial charge in [0, 0.05) is 31.9 Å². The first-order valence-corrected chi connectivity index (χ1v) is 8.85. The lowest BCUT2D eigenvalue weighted by molar-refractivity contribution is -0.111. The molecule has 0 spiro atoms. The number of hydrogen-bond donors (Lipinski definition) is 3. The predicted octanol–water partition coefficient (Wildman–Crippen LogP) is 3.04. The molecule has 0 aliphatic heterocycles. The highest BCUT2D eigenvalue weighted by Gasteiger charge is 2.05. The third-order valence-electron chi connectivity index (χ3n) is 3.97. The zero-order chi connectivity index (χ0) is 19.6. The van der Waals surface area contributed by atoms with E-state index in [1.807, 2.05) is 55.4 Å². The van der Waals surface area contributed by atoms with Gasteiger partial charge in [-0.25, -0.2) is 0 Å². The van der Waals surface area contributed by atoms with Crippen LogP contribution in [0.25, 0.3) is 0 Å². The zero-order valence-corrected chi connectivity index (χ0v) is 15.7. The zero-order valence-electron chi connectivity index (χ0n) is 15.7. The summed E-state index contributed by atoms with van der Waals surface area (Å²) >= 11 is 0. The predicted molar refractivity (Wildman–Crippen MR) is 111 cm³/mol. The fourth-order valence-corrected chi connectivity index (χ4v) is 2.41. The highest BCUT2D eigenvalue weighted by atomic mass is 16.2. The van der Waals surface area contributed by atoms with Crippen molar-refractivity contribution in [1.82, 2.24) is 5.32 Å². The van der Waals surface area contributed by atoms with Crippen LogP contribution in [0.3, 0.4) is 0 Å². The molecule has 0 aliphatic rings. The molecule has 142 valence electrons. The summed E-state index contributed by atoms with van der Waals surface area (Å²) in [7, 11) is 3.91. The Morgan fingerprint density at radius 3 is 2.44 bits per heavy atom. The second kappa shape index (κ2) is 10.0. The summed E-state index contributed by atoms with van der Waals surface area (Å²) in [5.74, 6) is -0.320. The molecule has 2 aromatic carbocycles. The Bertz CT molecular complexity index is 798. The molecule has 2 rings (SSSR count). The Morgan fingerprint density at radius 2 is 1.78 bits per heavy atom. The van der Waals surface area contributed by atoms with E-state index in [1.54, 1.807) is 18.2 Å². The summed E-state index contributed by atoms with van der Waals surface area (Å²) in [6, 6.07) is 14.6. The topological polar surface area (TPSA) is 87.5 Å². The van der Waals surface area contributed by atoms with Crippen LogP contribution in [0.4, 0.5) is 17.1 Å². The molecule has 0 radical (unpaired) electrons. The van der Waals surface area contributed by atoms with Gasteiger partial charge in [0.05, 0.1) is 11.4 Å². The molecule has 6 heteroatoms. The normalized spacial score (nSPS) is 10.6. The van der Waals surface area contributed by atoms with Crippen molar-refractivity contribution in [3.63, 3.8) is 0 Å². The van der Waals surface area contributed by atoms with E-state index in [-0.39, 0.29) is 11.8 Å². The van der Waals surface area contributed by atoms with E-state index in [2.05, 4.69) is 10.6 Å². The smallest absolute Gasteiger partial charge is 0.251 e. The first-order valence-electron chi connectivity index (χ1n) is 8.85. The van der Waals surface area contributed by atoms with Crippen LogP contribution in [-0.2, 0) is 4.79 Å². The summed E-state index contributed by atoms with van der Waals surface area (Å²) in [6.07, 6.45) is 4.71. The van der Waals surface area contributed by atoms with E-state index in [9.17, 15) is 9.59 Å². The van der Waals surface area contributed by atoms with Gasteiger partial charge in [-0.05, 0) is 55.3 Å². The summed E-state index contributed by atoms with van der Waals surface area (Å²) in [5.41, 5.74) is 8.59. The van der Waals surface area contributed by atoms with Gasteiger partial charge in [0.2, 0.25) is 5.91 Å². The molecule has 0 heterocycles. The molecule has 2 amide bonds. The van der Waals surface area contributed by atoms with E-state index in [0.717, 1.165) is 12.1 Å². The Balaban J connectivity index is 1.67. The summed E-state index contributed by atoms with van der Waals surface area (Å²) < 4.78 is 0. The maximum atomic E-state index is 12.1. The van der Waals surface area contributed by atoms with Crippen molar-refractivity contribution in [2.24, 2.45) is 0 Å². The number of amides is 2. The molecule has 27 heavy (non-hydrogen) atoms. The molecule has 0 bridgehead atoms. The first-order chi connectivity index (χ1) is 13.0. The maximum Gasteiger partial charge on any atom is 0.251 e. The Hall–Kier alpha value is -3.28. The minimum Gasteiger partial charge on any atom is -0.397 e. The van der Waals surface area contributed by atoms with Crippen molar-refractivity contribution in [2.75, 3.05) is 36.6 Å². The fourth-order valence-electron chi connectivity index (χ4n) is 2.41. The number of rotatable bonds is 8. The molecule has 2 aromatic rings. The number of para-hydroxylation sites is 2. The number of nitrogen functional groups attached to an aromatic ring is 1. The summed E-state index contributed by atoms with van der Waals surface area (Å²) in [4.78, 5) is 25.9. The second-order valence-corrected chi connectivity index (χ2v) is 6.32. The summed E-state index contributed by atoms with van der Waals surface area (Å²) in [5, 5.41) is 5.61. The number of nitrogens with one attached hydrogen (secondary N) is 2. The van der Waals surface area contributed by atoms with Gasteiger partial charge in [0.25, 0.3) is 5.91 Å². The van der Waals surface area contributed by atoms with Crippen LogP contribution in [-0.4, -0.2) is 32.5 Å². The molecular formula is C21H26N4O2. The average Bonchev–Trinajstić information content (AvgIpc) is 2.66. The van der Waals surface area contributed by atoms with Crippen molar-refractivity contribution in [2.45, 2.75) is 12.8 Å². The standard InChI is InChI=1S/C21H26N4O2/c1-25(2)17-13-11-16(12-14-17)21(27)23-15-7-3-4-10-20(26)24-19-9-6-5-8-18(19)22/h4-6,8-14H,3,7,15,22H2,1-2H3,(H,23,27)(H,24,26). The minimum atomic E-state index is -0.224. The van der Waals surface area contributed by atoms with Crippen LogP contribution >= 0.6 is 0 Å². The van der Waals surface area contributed by atoms with E-state index in [0.29, 0.717) is 29.9 Å². The van der Waals surface area contributed by atoms with E-state index in [4.69, 9.17) is 5.73 Å². The lowest BCUT2D eigenvalue weighted by Gasteiger charge is -2.12. The highest BCUT2D eigenvalue weighted by Crippen LogP contribution is 2.16. The number of anilines is 3. The molecule has 6 nitrogen and oxygen atoms in total. The van der Waals surface area contributed by atoms with Crippen molar-refractivity contribution >= 4 is 28.9 Å². The number of benzene rings is 2. The number of hydrogen-bond acceptors (Lipinski definition) is 4. The SMILES string of the molecule is CN(C)c1ccc(C(=O)NCCCC=CC(=O)Nc2ccccc2N)cc1. The molecule has 4 N–H and O–H groups in total. The van der Waals surface area contributed by atoms with Gasteiger partial charge >= 0.3 is 0 Å². The van der Waals surface area contributed by atoms with Crippen molar-refractivity contribution < 1.29 is 9.59 Å². The van der Waals surface area contributed by atoms with E-state index < -0.39 is 0 Å². The fraction of sp³-hybridized carbons (Fsp3) is 0.238. The van der Waals surface area contributed by atoms with Gasteiger partial charge in [0.15, 0.2) is 0 Å². The molecule has 0 aromatic heterocycles. The quantitative estimate of drug-likeness (QED) is 0.381. The number of nitrogens with zero attached hydrogens (tertiary/aromatic N) is 1. The Morgan fingerprint density at radius 1 is 1.07 bits per heavy atom. The Kier molecular flexibility index (Phi) is 7.43. The molecule has 0 saturated heterocycles. The first kappa shape index (κ1) is 20.0. The monoisotopic (exact) mass is 366 g/mol. The van der Waals surface area contributed by atoms with Gasteiger partial charge in [-0.2, -0.15) is 0 Å². The molecule has 0 aliphatic carbocycles. The molecule has 0 atom stereocenters. The van der Waals surface area contributed by atoms with E-state index >= 15 is 0 Å². The molecular weight excluding hydrogens is 340 g/mol. The van der Waals surface area contributed by atoms with Crippen LogP contribution in [0.5, 0.6) is 0 Å². The molecule has 0 saturated carbocycles. The third-order valence-corrected chi connectivity index (χ3v) is 3.97. The average molecular weight is 366 g/mol. The maximum absolute atomic E-state index is 12.1. The number of allylic oxidation sites excluding steroid dienone is 1. The lowest BCUT2D eigenvalue weighted by atomic mass is 10.2. The minimum absolute atomic E-state index is 0.0958. The van der Waals surface area contributed by atoms with Crippen LogP contribution in [0, 0.1) is 0 Å². The van der Waals surface area contributed by atoms with Gasteiger partial charge in [-0.1, -0.05) is 18.2 Å². The molecule has 0 unspecified atom stereocenters. The van der Waals surface area contributed by atoms with E-state index in [1.165, 1.54) is 6.08 Å². The number of nitrogens with two attached hydrogens (primary N) is 1. The van der Waals surface area contributed by atoms with Gasteiger partial charge in [-0.3, -0.25) is 9.59 Å². The van der Waals surface area contributed by atoms with Crippen LogP contribution in [0.2, 0.25) is 0 Å². The lowest BCUT2D eigenvalue weighted by Crippen LogP contribution is -2.24. The van der Waals surface area contributed by atoms with Crippen LogP contribution in [0.15, 0.2) is 60.7 Å². The number of carbonyl (C=O) groups excluding carboxylic acids is 2. The van der Waals surface area contributed by atoms with Crippen molar-refractivity contribution in [3.05, 3.63) is 66.2 Å². The second-order valence-electron chi connectivity index (χ2n) is 6.32. The third kappa shape index (κ3) is 6.51. The van der Waals surface area contributed by atoms with Crippen molar-refractivity contribution in [3.8, 4) is 0 Å². The number of carbonyl (C=O) groups is 2. The van der Waals surface area contributed by atoms with Crippen LogP contribution in [0.1, 0.15) is 23.2 Å².